The number of hydrogen-bond acceptors (Lipinski definition) is 4. The van der Waals surface area contributed by atoms with E-state index in [2.05, 4.69) is 5.32 Å². The lowest BCUT2D eigenvalue weighted by molar-refractivity contribution is -0.140. The monoisotopic (exact) mass is 623 g/mol. The molecule has 0 saturated heterocycles. The van der Waals surface area contributed by atoms with Crippen LogP contribution in [0, 0.1) is 0 Å². The number of alkyl halides is 3. The summed E-state index contributed by atoms with van der Waals surface area (Å²) in [6.07, 6.45) is -3.26. The fraction of sp³-hybridized carbons (Fsp3) is 0.333. The summed E-state index contributed by atoms with van der Waals surface area (Å²) in [6, 6.07) is 18.8. The summed E-state index contributed by atoms with van der Waals surface area (Å²) >= 11 is 6.17. The average Bonchev–Trinajstić information content (AvgIpc) is 2.93. The SMILES string of the molecule is CC[C@@H](C)NC(=O)[C@H](Cc1ccccc1)N(Cc1ccccc1)C(=O)CN(c1cc(C(F)(F)F)ccc1Cl)S(C)(=O)=O. The molecule has 0 heterocycles. The van der Waals surface area contributed by atoms with E-state index >= 15 is 0 Å². The van der Waals surface area contributed by atoms with Gasteiger partial charge in [-0.05, 0) is 42.7 Å². The van der Waals surface area contributed by atoms with Crippen molar-refractivity contribution in [3.05, 3.63) is 101 Å². The highest BCUT2D eigenvalue weighted by atomic mass is 35.5. The summed E-state index contributed by atoms with van der Waals surface area (Å²) in [5.74, 6) is -1.24. The van der Waals surface area contributed by atoms with E-state index in [1.165, 1.54) is 4.90 Å². The Morgan fingerprint density at radius 1 is 0.952 bits per heavy atom. The first kappa shape index (κ1) is 32.9. The van der Waals surface area contributed by atoms with Gasteiger partial charge < -0.3 is 10.2 Å². The van der Waals surface area contributed by atoms with Crippen molar-refractivity contribution in [3.63, 3.8) is 0 Å². The molecule has 42 heavy (non-hydrogen) atoms. The smallest absolute Gasteiger partial charge is 0.352 e. The average molecular weight is 624 g/mol. The Labute approximate surface area is 249 Å². The first-order valence-corrected chi connectivity index (χ1v) is 15.5. The summed E-state index contributed by atoms with van der Waals surface area (Å²) in [6.45, 7) is 2.78. The van der Waals surface area contributed by atoms with Gasteiger partial charge in [-0.25, -0.2) is 8.42 Å². The van der Waals surface area contributed by atoms with Gasteiger partial charge in [0.2, 0.25) is 21.8 Å². The largest absolute Gasteiger partial charge is 0.416 e. The lowest BCUT2D eigenvalue weighted by atomic mass is 10.0. The number of carbonyl (C=O) groups excluding carboxylic acids is 2. The van der Waals surface area contributed by atoms with Crippen molar-refractivity contribution in [2.75, 3.05) is 17.1 Å². The number of amides is 2. The van der Waals surface area contributed by atoms with Gasteiger partial charge in [0.25, 0.3) is 0 Å². The number of benzene rings is 3. The molecule has 0 unspecified atom stereocenters. The van der Waals surface area contributed by atoms with Crippen LogP contribution in [0.4, 0.5) is 18.9 Å². The molecule has 12 heteroatoms. The predicted octanol–water partition coefficient (Wildman–Crippen LogP) is 5.68. The summed E-state index contributed by atoms with van der Waals surface area (Å²) in [4.78, 5) is 28.9. The third-order valence-corrected chi connectivity index (χ3v) is 8.14. The van der Waals surface area contributed by atoms with Crippen molar-refractivity contribution in [2.24, 2.45) is 0 Å². The van der Waals surface area contributed by atoms with Crippen LogP contribution in [0.5, 0.6) is 0 Å². The highest BCUT2D eigenvalue weighted by Crippen LogP contribution is 2.36. The first-order chi connectivity index (χ1) is 19.7. The minimum absolute atomic E-state index is 0.0565. The van der Waals surface area contributed by atoms with Crippen LogP contribution in [0.1, 0.15) is 37.0 Å². The van der Waals surface area contributed by atoms with Crippen LogP contribution in [0.2, 0.25) is 5.02 Å². The summed E-state index contributed by atoms with van der Waals surface area (Å²) in [5, 5.41) is 2.62. The van der Waals surface area contributed by atoms with Gasteiger partial charge in [-0.15, -0.1) is 0 Å². The maximum atomic E-state index is 14.0. The van der Waals surface area contributed by atoms with Crippen molar-refractivity contribution in [1.29, 1.82) is 0 Å². The molecule has 0 saturated carbocycles. The lowest BCUT2D eigenvalue weighted by Gasteiger charge is -2.34. The van der Waals surface area contributed by atoms with Crippen LogP contribution in [-0.2, 0) is 38.8 Å². The molecule has 0 radical (unpaired) electrons. The van der Waals surface area contributed by atoms with Gasteiger partial charge in [0.1, 0.15) is 12.6 Å². The molecular weight excluding hydrogens is 591 g/mol. The lowest BCUT2D eigenvalue weighted by Crippen LogP contribution is -2.54. The second-order valence-electron chi connectivity index (χ2n) is 9.96. The van der Waals surface area contributed by atoms with E-state index in [0.717, 1.165) is 24.0 Å². The second-order valence-corrected chi connectivity index (χ2v) is 12.3. The molecule has 0 aliphatic carbocycles. The molecular formula is C30H33ClF3N3O4S. The van der Waals surface area contributed by atoms with Gasteiger partial charge in [-0.3, -0.25) is 13.9 Å². The first-order valence-electron chi connectivity index (χ1n) is 13.2. The molecule has 226 valence electrons. The standard InChI is InChI=1S/C30H33ClF3N3O4S/c1-4-21(2)35-29(39)27(17-22-11-7-5-8-12-22)36(19-23-13-9-6-10-14-23)28(38)20-37(42(3,40)41)26-18-24(30(32,33)34)15-16-25(26)31/h5-16,18,21,27H,4,17,19-20H2,1-3H3,(H,35,39)/t21-,27+/m1/s1. The molecule has 0 aliphatic heterocycles. The van der Waals surface area contributed by atoms with E-state index in [1.54, 1.807) is 54.6 Å². The fourth-order valence-electron chi connectivity index (χ4n) is 4.25. The van der Waals surface area contributed by atoms with Gasteiger partial charge in [0, 0.05) is 19.0 Å². The van der Waals surface area contributed by atoms with E-state index in [1.807, 2.05) is 19.9 Å². The maximum absolute atomic E-state index is 14.0. The highest BCUT2D eigenvalue weighted by Gasteiger charge is 2.36. The molecule has 3 rings (SSSR count). The van der Waals surface area contributed by atoms with E-state index < -0.39 is 51.9 Å². The van der Waals surface area contributed by atoms with Crippen LogP contribution in [0.3, 0.4) is 0 Å². The molecule has 0 bridgehead atoms. The molecule has 3 aromatic carbocycles. The Bertz CT molecular complexity index is 1470. The van der Waals surface area contributed by atoms with Crippen molar-refractivity contribution >= 4 is 39.1 Å². The molecule has 0 fully saturated rings. The Morgan fingerprint density at radius 2 is 1.52 bits per heavy atom. The van der Waals surface area contributed by atoms with E-state index in [4.69, 9.17) is 11.6 Å². The second kappa shape index (κ2) is 14.1. The Balaban J connectivity index is 2.10. The van der Waals surface area contributed by atoms with Crippen molar-refractivity contribution in [2.45, 2.75) is 51.5 Å². The van der Waals surface area contributed by atoms with Crippen LogP contribution in [0.15, 0.2) is 78.9 Å². The van der Waals surface area contributed by atoms with E-state index in [0.29, 0.717) is 22.4 Å². The zero-order chi connectivity index (χ0) is 31.1. The molecule has 0 aromatic heterocycles. The van der Waals surface area contributed by atoms with E-state index in [9.17, 15) is 31.2 Å². The van der Waals surface area contributed by atoms with Gasteiger partial charge in [0.05, 0.1) is 22.5 Å². The van der Waals surface area contributed by atoms with Crippen molar-refractivity contribution < 1.29 is 31.2 Å². The third kappa shape index (κ3) is 8.96. The minimum atomic E-state index is -4.78. The number of halogens is 4. The molecule has 2 amide bonds. The summed E-state index contributed by atoms with van der Waals surface area (Å²) < 4.78 is 66.8. The topological polar surface area (TPSA) is 86.8 Å². The fourth-order valence-corrected chi connectivity index (χ4v) is 5.37. The predicted molar refractivity (Wildman–Crippen MR) is 157 cm³/mol. The molecule has 1 N–H and O–H groups in total. The molecule has 0 spiro atoms. The number of anilines is 1. The van der Waals surface area contributed by atoms with Crippen molar-refractivity contribution in [3.8, 4) is 0 Å². The van der Waals surface area contributed by atoms with Gasteiger partial charge in [-0.2, -0.15) is 13.2 Å². The van der Waals surface area contributed by atoms with Crippen LogP contribution in [0.25, 0.3) is 0 Å². The number of nitrogens with one attached hydrogen (secondary N) is 1. The molecule has 2 atom stereocenters. The van der Waals surface area contributed by atoms with Crippen molar-refractivity contribution in [1.82, 2.24) is 10.2 Å². The van der Waals surface area contributed by atoms with Crippen LogP contribution >= 0.6 is 11.6 Å². The number of sulfonamides is 1. The number of nitrogens with zero attached hydrogens (tertiary/aromatic N) is 2. The maximum Gasteiger partial charge on any atom is 0.416 e. The quantitative estimate of drug-likeness (QED) is 0.281. The third-order valence-electron chi connectivity index (χ3n) is 6.69. The summed E-state index contributed by atoms with van der Waals surface area (Å²) in [5.41, 5.74) is -0.193. The van der Waals surface area contributed by atoms with Gasteiger partial charge in [-0.1, -0.05) is 79.2 Å². The van der Waals surface area contributed by atoms with Gasteiger partial charge in [0.15, 0.2) is 0 Å². The van der Waals surface area contributed by atoms with Gasteiger partial charge >= 0.3 is 6.18 Å². The van der Waals surface area contributed by atoms with Crippen LogP contribution < -0.4 is 9.62 Å². The summed E-state index contributed by atoms with van der Waals surface area (Å²) in [7, 11) is -4.30. The highest BCUT2D eigenvalue weighted by molar-refractivity contribution is 7.92. The zero-order valence-electron chi connectivity index (χ0n) is 23.4. The molecule has 0 aliphatic rings. The Kier molecular flexibility index (Phi) is 11.0. The zero-order valence-corrected chi connectivity index (χ0v) is 25.0. The molecule has 3 aromatic rings. The Morgan fingerprint density at radius 3 is 2.05 bits per heavy atom. The molecule has 7 nitrogen and oxygen atoms in total. The number of rotatable bonds is 12. The normalized spacial score (nSPS) is 13.2. The minimum Gasteiger partial charge on any atom is -0.352 e. The number of hydrogen-bond donors (Lipinski definition) is 1. The Hall–Kier alpha value is -3.57. The van der Waals surface area contributed by atoms with Crippen LogP contribution in [-0.4, -0.2) is 50.0 Å². The van der Waals surface area contributed by atoms with E-state index in [-0.39, 0.29) is 24.0 Å². The number of carbonyl (C=O) groups is 2.